The Hall–Kier alpha value is -1.30. The number of hydrogen-bond acceptors (Lipinski definition) is 2. The van der Waals surface area contributed by atoms with E-state index in [9.17, 15) is 17.6 Å². The largest absolute Gasteiger partial charge is 0.405 e. The SMILES string of the molecule is CCN(CC(F)(F)F)c1cccc(F)c1C(C)NC. The summed E-state index contributed by atoms with van der Waals surface area (Å²) in [6.45, 7) is 2.40. The standard InChI is InChI=1S/C13H18F4N2/c1-4-19(8-13(15,16)17)11-7-5-6-10(14)12(11)9(2)18-3/h5-7,9,18H,4,8H2,1-3H3. The smallest absolute Gasteiger partial charge is 0.363 e. The van der Waals surface area contributed by atoms with Crippen LogP contribution in [0.5, 0.6) is 0 Å². The molecule has 1 atom stereocenters. The molecular formula is C13H18F4N2. The molecule has 0 aromatic heterocycles. The molecule has 1 aromatic carbocycles. The Morgan fingerprint density at radius 3 is 2.42 bits per heavy atom. The second-order valence-corrected chi connectivity index (χ2v) is 4.31. The normalized spacial score (nSPS) is 13.4. The highest BCUT2D eigenvalue weighted by atomic mass is 19.4. The van der Waals surface area contributed by atoms with Crippen molar-refractivity contribution in [3.8, 4) is 0 Å². The van der Waals surface area contributed by atoms with Crippen LogP contribution >= 0.6 is 0 Å². The second kappa shape index (κ2) is 6.23. The number of halogens is 4. The summed E-state index contributed by atoms with van der Waals surface area (Å²) >= 11 is 0. The monoisotopic (exact) mass is 278 g/mol. The van der Waals surface area contributed by atoms with Crippen LogP contribution in [0, 0.1) is 5.82 Å². The Morgan fingerprint density at radius 1 is 1.32 bits per heavy atom. The van der Waals surface area contributed by atoms with Gasteiger partial charge in [0.2, 0.25) is 0 Å². The highest BCUT2D eigenvalue weighted by Crippen LogP contribution is 2.30. The van der Waals surface area contributed by atoms with Crippen molar-refractivity contribution in [3.63, 3.8) is 0 Å². The molecule has 0 bridgehead atoms. The fourth-order valence-corrected chi connectivity index (χ4v) is 1.96. The van der Waals surface area contributed by atoms with Gasteiger partial charge in [0, 0.05) is 23.8 Å². The van der Waals surface area contributed by atoms with Crippen LogP contribution in [0.15, 0.2) is 18.2 Å². The summed E-state index contributed by atoms with van der Waals surface area (Å²) in [5, 5.41) is 2.86. The topological polar surface area (TPSA) is 15.3 Å². The van der Waals surface area contributed by atoms with Gasteiger partial charge in [-0.2, -0.15) is 13.2 Å². The first-order chi connectivity index (χ1) is 8.80. The van der Waals surface area contributed by atoms with Crippen LogP contribution in [0.1, 0.15) is 25.5 Å². The summed E-state index contributed by atoms with van der Waals surface area (Å²) in [6, 6.07) is 3.84. The molecule has 0 fully saturated rings. The Balaban J connectivity index is 3.20. The maximum absolute atomic E-state index is 13.9. The number of alkyl halides is 3. The zero-order chi connectivity index (χ0) is 14.6. The minimum Gasteiger partial charge on any atom is -0.363 e. The lowest BCUT2D eigenvalue weighted by Crippen LogP contribution is -2.35. The first-order valence-electron chi connectivity index (χ1n) is 6.07. The average molecular weight is 278 g/mol. The zero-order valence-corrected chi connectivity index (χ0v) is 11.2. The Morgan fingerprint density at radius 2 is 1.95 bits per heavy atom. The molecule has 0 aliphatic heterocycles. The molecule has 1 rings (SSSR count). The van der Waals surface area contributed by atoms with Gasteiger partial charge in [-0.05, 0) is 33.0 Å². The van der Waals surface area contributed by atoms with Crippen molar-refractivity contribution in [2.75, 3.05) is 25.0 Å². The summed E-state index contributed by atoms with van der Waals surface area (Å²) in [5.41, 5.74) is 0.540. The van der Waals surface area contributed by atoms with E-state index < -0.39 is 18.5 Å². The predicted molar refractivity (Wildman–Crippen MR) is 67.8 cm³/mol. The van der Waals surface area contributed by atoms with Crippen LogP contribution in [-0.2, 0) is 0 Å². The zero-order valence-electron chi connectivity index (χ0n) is 11.2. The van der Waals surface area contributed by atoms with E-state index in [1.165, 1.54) is 18.2 Å². The first kappa shape index (κ1) is 15.8. The maximum Gasteiger partial charge on any atom is 0.405 e. The van der Waals surface area contributed by atoms with Crippen LogP contribution in [0.2, 0.25) is 0 Å². The van der Waals surface area contributed by atoms with Gasteiger partial charge in [-0.15, -0.1) is 0 Å². The molecule has 0 saturated heterocycles. The minimum atomic E-state index is -4.32. The quantitative estimate of drug-likeness (QED) is 0.829. The minimum absolute atomic E-state index is 0.159. The van der Waals surface area contributed by atoms with Crippen molar-refractivity contribution in [1.29, 1.82) is 0 Å². The molecule has 0 radical (unpaired) electrons. The third-order valence-electron chi connectivity index (χ3n) is 2.99. The van der Waals surface area contributed by atoms with E-state index in [4.69, 9.17) is 0 Å². The maximum atomic E-state index is 13.9. The molecule has 0 aliphatic rings. The average Bonchev–Trinajstić information content (AvgIpc) is 2.33. The summed E-state index contributed by atoms with van der Waals surface area (Å²) < 4.78 is 51.5. The third-order valence-corrected chi connectivity index (χ3v) is 2.99. The summed E-state index contributed by atoms with van der Waals surface area (Å²) in [7, 11) is 1.64. The number of benzene rings is 1. The highest BCUT2D eigenvalue weighted by molar-refractivity contribution is 5.55. The Labute approximate surface area is 110 Å². The van der Waals surface area contributed by atoms with Gasteiger partial charge in [0.05, 0.1) is 0 Å². The number of hydrogen-bond donors (Lipinski definition) is 1. The van der Waals surface area contributed by atoms with Gasteiger partial charge < -0.3 is 10.2 Å². The van der Waals surface area contributed by atoms with Crippen LogP contribution in [-0.4, -0.2) is 26.3 Å². The number of rotatable bonds is 5. The molecule has 0 heterocycles. The van der Waals surface area contributed by atoms with Crippen LogP contribution < -0.4 is 10.2 Å². The Bertz CT molecular complexity index is 418. The van der Waals surface area contributed by atoms with E-state index in [0.717, 1.165) is 4.90 Å². The molecule has 0 saturated carbocycles. The molecule has 6 heteroatoms. The van der Waals surface area contributed by atoms with Crippen molar-refractivity contribution in [2.45, 2.75) is 26.1 Å². The summed E-state index contributed by atoms with van der Waals surface area (Å²) in [6.07, 6.45) is -4.32. The molecular weight excluding hydrogens is 260 g/mol. The van der Waals surface area contributed by atoms with E-state index in [1.807, 2.05) is 0 Å². The first-order valence-corrected chi connectivity index (χ1v) is 6.07. The fraction of sp³-hybridized carbons (Fsp3) is 0.538. The third kappa shape index (κ3) is 4.09. The van der Waals surface area contributed by atoms with Gasteiger partial charge in [-0.25, -0.2) is 4.39 Å². The van der Waals surface area contributed by atoms with E-state index in [-0.39, 0.29) is 23.8 Å². The fourth-order valence-electron chi connectivity index (χ4n) is 1.96. The molecule has 1 unspecified atom stereocenters. The number of nitrogens with one attached hydrogen (secondary N) is 1. The molecule has 19 heavy (non-hydrogen) atoms. The molecule has 0 aliphatic carbocycles. The number of anilines is 1. The lowest BCUT2D eigenvalue weighted by Gasteiger charge is -2.28. The van der Waals surface area contributed by atoms with E-state index >= 15 is 0 Å². The van der Waals surface area contributed by atoms with Gasteiger partial charge >= 0.3 is 6.18 Å². The molecule has 1 N–H and O–H groups in total. The van der Waals surface area contributed by atoms with Gasteiger partial charge in [0.25, 0.3) is 0 Å². The van der Waals surface area contributed by atoms with Gasteiger partial charge in [0.15, 0.2) is 0 Å². The Kier molecular flexibility index (Phi) is 5.17. The van der Waals surface area contributed by atoms with E-state index in [1.54, 1.807) is 20.9 Å². The molecule has 2 nitrogen and oxygen atoms in total. The molecule has 0 amide bonds. The van der Waals surface area contributed by atoms with Crippen molar-refractivity contribution < 1.29 is 17.6 Å². The van der Waals surface area contributed by atoms with Crippen molar-refractivity contribution in [2.24, 2.45) is 0 Å². The van der Waals surface area contributed by atoms with Crippen LogP contribution in [0.3, 0.4) is 0 Å². The van der Waals surface area contributed by atoms with Crippen molar-refractivity contribution in [3.05, 3.63) is 29.6 Å². The van der Waals surface area contributed by atoms with Gasteiger partial charge in [-0.1, -0.05) is 6.07 Å². The molecule has 1 aromatic rings. The number of nitrogens with zero attached hydrogens (tertiary/aromatic N) is 1. The van der Waals surface area contributed by atoms with Crippen molar-refractivity contribution >= 4 is 5.69 Å². The lowest BCUT2D eigenvalue weighted by molar-refractivity contribution is -0.119. The van der Waals surface area contributed by atoms with Crippen LogP contribution in [0.25, 0.3) is 0 Å². The van der Waals surface area contributed by atoms with Crippen molar-refractivity contribution in [1.82, 2.24) is 5.32 Å². The summed E-state index contributed by atoms with van der Waals surface area (Å²) in [4.78, 5) is 1.13. The highest BCUT2D eigenvalue weighted by Gasteiger charge is 2.31. The van der Waals surface area contributed by atoms with E-state index in [0.29, 0.717) is 0 Å². The lowest BCUT2D eigenvalue weighted by atomic mass is 10.0. The van der Waals surface area contributed by atoms with Crippen LogP contribution in [0.4, 0.5) is 23.2 Å². The molecule has 0 spiro atoms. The second-order valence-electron chi connectivity index (χ2n) is 4.31. The van der Waals surface area contributed by atoms with E-state index in [2.05, 4.69) is 5.32 Å². The predicted octanol–water partition coefficient (Wildman–Crippen LogP) is 3.49. The molecule has 108 valence electrons. The summed E-state index contributed by atoms with van der Waals surface area (Å²) in [5.74, 6) is -0.500. The van der Waals surface area contributed by atoms with Gasteiger partial charge in [0.1, 0.15) is 12.4 Å². The van der Waals surface area contributed by atoms with Gasteiger partial charge in [-0.3, -0.25) is 0 Å².